The Labute approximate surface area is 134 Å². The second-order valence-corrected chi connectivity index (χ2v) is 6.93. The molecule has 122 valence electrons. The molecule has 0 aliphatic carbocycles. The molecule has 1 amide bonds. The van der Waals surface area contributed by atoms with Crippen LogP contribution in [-0.4, -0.2) is 39.8 Å². The van der Waals surface area contributed by atoms with Gasteiger partial charge in [-0.05, 0) is 39.7 Å². The van der Waals surface area contributed by atoms with Crippen LogP contribution in [0.5, 0.6) is 0 Å². The first kappa shape index (κ1) is 17.0. The Morgan fingerprint density at radius 1 is 1.45 bits per heavy atom. The normalized spacial score (nSPS) is 18.2. The summed E-state index contributed by atoms with van der Waals surface area (Å²) in [4.78, 5) is 17.0. The Kier molecular flexibility index (Phi) is 4.63. The number of likely N-dealkylation sites (tertiary alicyclic amines) is 1. The average Bonchev–Trinajstić information content (AvgIpc) is 2.40. The topological polar surface area (TPSA) is 62.7 Å². The number of halogens is 2. The van der Waals surface area contributed by atoms with Crippen molar-refractivity contribution in [3.05, 3.63) is 28.8 Å². The smallest absolute Gasteiger partial charge is 0.410 e. The van der Waals surface area contributed by atoms with Crippen molar-refractivity contribution in [2.45, 2.75) is 44.8 Å². The quantitative estimate of drug-likeness (QED) is 0.804. The van der Waals surface area contributed by atoms with E-state index in [0.717, 1.165) is 0 Å². The summed E-state index contributed by atoms with van der Waals surface area (Å²) in [6.45, 7) is 5.92. The second kappa shape index (κ2) is 6.01. The van der Waals surface area contributed by atoms with Crippen LogP contribution in [0.2, 0.25) is 5.02 Å². The van der Waals surface area contributed by atoms with E-state index in [2.05, 4.69) is 4.98 Å². The number of ether oxygens (including phenoxy) is 1. The third kappa shape index (κ3) is 3.87. The minimum atomic E-state index is -1.37. The molecular formula is C15H20ClFN2O3. The van der Waals surface area contributed by atoms with Gasteiger partial charge in [0.25, 0.3) is 0 Å². The summed E-state index contributed by atoms with van der Waals surface area (Å²) in [5, 5.41) is 10.9. The molecule has 0 atom stereocenters. The zero-order chi connectivity index (χ0) is 16.5. The molecule has 1 aromatic heterocycles. The van der Waals surface area contributed by atoms with E-state index in [-0.39, 0.29) is 36.5 Å². The average molecular weight is 331 g/mol. The summed E-state index contributed by atoms with van der Waals surface area (Å²) in [7, 11) is 0. The van der Waals surface area contributed by atoms with E-state index in [1.54, 1.807) is 20.8 Å². The molecule has 7 heteroatoms. The van der Waals surface area contributed by atoms with Gasteiger partial charge >= 0.3 is 6.09 Å². The molecule has 22 heavy (non-hydrogen) atoms. The van der Waals surface area contributed by atoms with Gasteiger partial charge in [-0.1, -0.05) is 11.6 Å². The van der Waals surface area contributed by atoms with Gasteiger partial charge < -0.3 is 14.7 Å². The van der Waals surface area contributed by atoms with Crippen molar-refractivity contribution in [1.29, 1.82) is 0 Å². The number of hydrogen-bond acceptors (Lipinski definition) is 4. The fourth-order valence-corrected chi connectivity index (χ4v) is 2.56. The van der Waals surface area contributed by atoms with Crippen molar-refractivity contribution in [3.63, 3.8) is 0 Å². The fourth-order valence-electron chi connectivity index (χ4n) is 2.40. The van der Waals surface area contributed by atoms with Crippen LogP contribution >= 0.6 is 11.6 Å². The van der Waals surface area contributed by atoms with Gasteiger partial charge in [0.1, 0.15) is 5.60 Å². The van der Waals surface area contributed by atoms with Crippen molar-refractivity contribution in [3.8, 4) is 0 Å². The third-order valence-electron chi connectivity index (χ3n) is 3.55. The van der Waals surface area contributed by atoms with Crippen molar-refractivity contribution < 1.29 is 19.0 Å². The molecule has 2 heterocycles. The lowest BCUT2D eigenvalue weighted by atomic mass is 9.85. The lowest BCUT2D eigenvalue weighted by Gasteiger charge is -2.38. The molecule has 1 aliphatic rings. The molecule has 1 aliphatic heterocycles. The minimum absolute atomic E-state index is 0.0730. The highest BCUT2D eigenvalue weighted by Gasteiger charge is 2.39. The molecule has 0 aromatic carbocycles. The molecule has 0 spiro atoms. The van der Waals surface area contributed by atoms with Gasteiger partial charge in [-0.25, -0.2) is 9.78 Å². The van der Waals surface area contributed by atoms with E-state index in [1.165, 1.54) is 17.2 Å². The summed E-state index contributed by atoms with van der Waals surface area (Å²) in [5.74, 6) is -0.738. The van der Waals surface area contributed by atoms with Crippen LogP contribution < -0.4 is 0 Å². The van der Waals surface area contributed by atoms with Gasteiger partial charge in [-0.15, -0.1) is 0 Å². The third-order valence-corrected chi connectivity index (χ3v) is 3.76. The number of pyridine rings is 1. The second-order valence-electron chi connectivity index (χ2n) is 6.49. The van der Waals surface area contributed by atoms with Crippen LogP contribution in [0.3, 0.4) is 0 Å². The highest BCUT2D eigenvalue weighted by Crippen LogP contribution is 2.35. The van der Waals surface area contributed by atoms with E-state index in [0.29, 0.717) is 0 Å². The summed E-state index contributed by atoms with van der Waals surface area (Å²) in [5.41, 5.74) is -1.88. The summed E-state index contributed by atoms with van der Waals surface area (Å²) in [6.07, 6.45) is 1.16. The zero-order valence-corrected chi connectivity index (χ0v) is 13.7. The lowest BCUT2D eigenvalue weighted by Crippen LogP contribution is -2.47. The Balaban J connectivity index is 2.07. The van der Waals surface area contributed by atoms with Gasteiger partial charge in [0, 0.05) is 24.8 Å². The molecule has 1 N–H and O–H groups in total. The number of rotatable bonds is 1. The molecule has 1 fully saturated rings. The van der Waals surface area contributed by atoms with Crippen LogP contribution in [-0.2, 0) is 10.3 Å². The number of aliphatic hydroxyl groups is 1. The first-order chi connectivity index (χ1) is 10.1. The maximum absolute atomic E-state index is 13.8. The largest absolute Gasteiger partial charge is 0.444 e. The number of nitrogens with zero attached hydrogens (tertiary/aromatic N) is 2. The predicted molar refractivity (Wildman–Crippen MR) is 80.1 cm³/mol. The molecule has 1 aromatic rings. The van der Waals surface area contributed by atoms with Crippen LogP contribution in [0.15, 0.2) is 12.3 Å². The first-order valence-corrected chi connectivity index (χ1v) is 7.50. The van der Waals surface area contributed by atoms with Gasteiger partial charge in [-0.2, -0.15) is 4.39 Å². The van der Waals surface area contributed by atoms with Gasteiger partial charge in [0.2, 0.25) is 5.95 Å². The summed E-state index contributed by atoms with van der Waals surface area (Å²) in [6, 6.07) is 1.38. The van der Waals surface area contributed by atoms with Crippen molar-refractivity contribution in [2.75, 3.05) is 13.1 Å². The van der Waals surface area contributed by atoms with Crippen LogP contribution in [0.25, 0.3) is 0 Å². The Hall–Kier alpha value is -1.40. The Morgan fingerprint density at radius 3 is 2.59 bits per heavy atom. The Morgan fingerprint density at radius 2 is 2.05 bits per heavy atom. The molecule has 0 unspecified atom stereocenters. The highest BCUT2D eigenvalue weighted by molar-refractivity contribution is 6.30. The molecule has 1 saturated heterocycles. The minimum Gasteiger partial charge on any atom is -0.444 e. The highest BCUT2D eigenvalue weighted by atomic mass is 35.5. The fraction of sp³-hybridized carbons (Fsp3) is 0.600. The maximum atomic E-state index is 13.8. The number of carbonyl (C=O) groups excluding carboxylic acids is 1. The Bertz CT molecular complexity index is 566. The molecule has 5 nitrogen and oxygen atoms in total. The number of aromatic nitrogens is 1. The van der Waals surface area contributed by atoms with E-state index >= 15 is 0 Å². The number of hydrogen-bond donors (Lipinski definition) is 1. The molecular weight excluding hydrogens is 311 g/mol. The van der Waals surface area contributed by atoms with E-state index in [9.17, 15) is 14.3 Å². The van der Waals surface area contributed by atoms with Crippen LogP contribution in [0.1, 0.15) is 39.2 Å². The van der Waals surface area contributed by atoms with Gasteiger partial charge in [-0.3, -0.25) is 0 Å². The molecule has 0 bridgehead atoms. The zero-order valence-electron chi connectivity index (χ0n) is 12.9. The van der Waals surface area contributed by atoms with E-state index in [1.807, 2.05) is 0 Å². The molecule has 0 radical (unpaired) electrons. The predicted octanol–water partition coefficient (Wildman–Crippen LogP) is 3.09. The number of carbonyl (C=O) groups is 1. The standard InChI is InChI=1S/C15H20ClFN2O3/c1-14(2,3)22-13(20)19-6-4-15(21,5-7-19)11-8-10(16)9-18-12(11)17/h8-9,21H,4-7H2,1-3H3. The van der Waals surface area contributed by atoms with E-state index < -0.39 is 23.2 Å². The SMILES string of the molecule is CC(C)(C)OC(=O)N1CCC(O)(c2cc(Cl)cnc2F)CC1. The van der Waals surface area contributed by atoms with Crippen molar-refractivity contribution >= 4 is 17.7 Å². The van der Waals surface area contributed by atoms with Gasteiger partial charge in [0.15, 0.2) is 0 Å². The number of piperidine rings is 1. The molecule has 2 rings (SSSR count). The van der Waals surface area contributed by atoms with Crippen molar-refractivity contribution in [2.24, 2.45) is 0 Å². The van der Waals surface area contributed by atoms with Crippen molar-refractivity contribution in [1.82, 2.24) is 9.88 Å². The monoisotopic (exact) mass is 330 g/mol. The summed E-state index contributed by atoms with van der Waals surface area (Å²) >= 11 is 5.82. The summed E-state index contributed by atoms with van der Waals surface area (Å²) < 4.78 is 19.1. The lowest BCUT2D eigenvalue weighted by molar-refractivity contribution is -0.0378. The number of amides is 1. The van der Waals surface area contributed by atoms with Crippen LogP contribution in [0.4, 0.5) is 9.18 Å². The maximum Gasteiger partial charge on any atom is 0.410 e. The van der Waals surface area contributed by atoms with Gasteiger partial charge in [0.05, 0.1) is 10.6 Å². The van der Waals surface area contributed by atoms with E-state index in [4.69, 9.17) is 16.3 Å². The molecule has 0 saturated carbocycles. The van der Waals surface area contributed by atoms with Crippen LogP contribution in [0, 0.1) is 5.95 Å². The first-order valence-electron chi connectivity index (χ1n) is 7.12.